The Morgan fingerprint density at radius 1 is 0.930 bits per heavy atom. The number of carbonyl (C=O) groups excluding carboxylic acids is 2. The molecule has 15 heteroatoms. The summed E-state index contributed by atoms with van der Waals surface area (Å²) in [4.78, 5) is 35.6. The molecule has 57 heavy (non-hydrogen) atoms. The second kappa shape index (κ2) is 15.8. The Bertz CT molecular complexity index is 2350. The summed E-state index contributed by atoms with van der Waals surface area (Å²) in [6.07, 6.45) is 0.583. The molecule has 0 bridgehead atoms. The number of hydrogen-bond donors (Lipinski definition) is 2. The first-order valence-electron chi connectivity index (χ1n) is 18.6. The van der Waals surface area contributed by atoms with Crippen molar-refractivity contribution in [3.8, 4) is 34.4 Å². The lowest BCUT2D eigenvalue weighted by Crippen LogP contribution is -2.52. The van der Waals surface area contributed by atoms with Crippen molar-refractivity contribution in [2.75, 3.05) is 63.1 Å². The summed E-state index contributed by atoms with van der Waals surface area (Å²) in [6, 6.07) is 21.4. The fourth-order valence-corrected chi connectivity index (χ4v) is 8.15. The fourth-order valence-electron chi connectivity index (χ4n) is 7.88. The van der Waals surface area contributed by atoms with E-state index in [0.29, 0.717) is 83.9 Å². The molecule has 12 nitrogen and oxygen atoms in total. The third-order valence-electron chi connectivity index (χ3n) is 10.8. The number of ether oxygens (including phenoxy) is 4. The van der Waals surface area contributed by atoms with E-state index in [2.05, 4.69) is 10.3 Å². The molecule has 1 saturated heterocycles. The normalized spacial score (nSPS) is 17.1. The Balaban J connectivity index is 0.00000455. The van der Waals surface area contributed by atoms with Crippen molar-refractivity contribution in [3.05, 3.63) is 118 Å². The smallest absolute Gasteiger partial charge is 0.268 e. The number of halogens is 3. The van der Waals surface area contributed by atoms with Crippen LogP contribution in [0.5, 0.6) is 23.1 Å². The molecular formula is C42H40Cl2FN5O7. The molecule has 9 rings (SSSR count). The van der Waals surface area contributed by atoms with Gasteiger partial charge in [-0.3, -0.25) is 19.4 Å². The number of amides is 2. The van der Waals surface area contributed by atoms with Gasteiger partial charge in [-0.1, -0.05) is 29.8 Å². The average molecular weight is 817 g/mol. The van der Waals surface area contributed by atoms with E-state index < -0.39 is 11.7 Å². The van der Waals surface area contributed by atoms with E-state index in [9.17, 15) is 9.90 Å². The molecule has 4 aliphatic heterocycles. The van der Waals surface area contributed by atoms with Gasteiger partial charge in [0, 0.05) is 48.5 Å². The predicted octanol–water partition coefficient (Wildman–Crippen LogP) is 6.93. The molecule has 0 aliphatic carbocycles. The number of morpholine rings is 1. The van der Waals surface area contributed by atoms with E-state index in [1.165, 1.54) is 23.1 Å². The van der Waals surface area contributed by atoms with E-state index in [1.807, 2.05) is 23.1 Å². The van der Waals surface area contributed by atoms with E-state index >= 15 is 9.18 Å². The van der Waals surface area contributed by atoms with Gasteiger partial charge < -0.3 is 34.4 Å². The molecule has 4 aliphatic rings. The number of phenolic OH excluding ortho intramolecular Hbond substituents is 1. The topological polar surface area (TPSA) is 118 Å². The van der Waals surface area contributed by atoms with Gasteiger partial charge in [0.1, 0.15) is 23.7 Å². The second-order valence-electron chi connectivity index (χ2n) is 14.3. The van der Waals surface area contributed by atoms with E-state index in [4.69, 9.17) is 30.5 Å². The zero-order chi connectivity index (χ0) is 38.5. The summed E-state index contributed by atoms with van der Waals surface area (Å²) in [5, 5.41) is 10.7. The van der Waals surface area contributed by atoms with Crippen LogP contribution in [0, 0.1) is 12.7 Å². The minimum Gasteiger partial charge on any atom is -0.508 e. The number of benzene rings is 4. The monoisotopic (exact) mass is 815 g/mol. The molecule has 0 spiro atoms. The number of aromatic nitrogens is 1. The Morgan fingerprint density at radius 2 is 1.68 bits per heavy atom. The van der Waals surface area contributed by atoms with Crippen LogP contribution >= 0.6 is 24.0 Å². The molecule has 0 unspecified atom stereocenters. The molecule has 0 saturated carbocycles. The molecule has 2 amide bonds. The lowest BCUT2D eigenvalue weighted by atomic mass is 9.91. The molecule has 1 fully saturated rings. The van der Waals surface area contributed by atoms with Crippen molar-refractivity contribution in [3.63, 3.8) is 0 Å². The maximum Gasteiger partial charge on any atom is 0.268 e. The minimum atomic E-state index is -0.513. The van der Waals surface area contributed by atoms with Crippen LogP contribution in [0.15, 0.2) is 78.9 Å². The minimum absolute atomic E-state index is 0. The van der Waals surface area contributed by atoms with Gasteiger partial charge in [-0.2, -0.15) is 0 Å². The SMILES string of the molecule is Cc1ccc(N(C(=O)c2cc(-c3cc4c(cc3C(=O)N3Cc5cccc(Cl)c5C[C@H]3CN3CCOCC3)OCO4)n3c2OCCN3)c2ccc(O)cc2)cc1F.Cl. The number of rotatable bonds is 7. The summed E-state index contributed by atoms with van der Waals surface area (Å²) >= 11 is 6.73. The number of fused-ring (bicyclic) bond motifs is 3. The Morgan fingerprint density at radius 3 is 2.46 bits per heavy atom. The van der Waals surface area contributed by atoms with Crippen molar-refractivity contribution in [1.82, 2.24) is 14.5 Å². The summed E-state index contributed by atoms with van der Waals surface area (Å²) in [6.45, 7) is 6.11. The highest BCUT2D eigenvalue weighted by molar-refractivity contribution is 6.31. The first-order chi connectivity index (χ1) is 27.2. The van der Waals surface area contributed by atoms with Crippen LogP contribution in [-0.4, -0.2) is 90.2 Å². The Labute approximate surface area is 339 Å². The quantitative estimate of drug-likeness (QED) is 0.181. The molecule has 4 aromatic carbocycles. The number of aryl methyl sites for hydroxylation is 1. The lowest BCUT2D eigenvalue weighted by Gasteiger charge is -2.41. The van der Waals surface area contributed by atoms with E-state index in [1.54, 1.807) is 54.1 Å². The van der Waals surface area contributed by atoms with Gasteiger partial charge in [0.25, 0.3) is 11.8 Å². The summed E-state index contributed by atoms with van der Waals surface area (Å²) < 4.78 is 40.2. The number of carbonyl (C=O) groups is 2. The van der Waals surface area contributed by atoms with Crippen molar-refractivity contribution >= 4 is 47.2 Å². The largest absolute Gasteiger partial charge is 0.508 e. The summed E-state index contributed by atoms with van der Waals surface area (Å²) in [5.41, 5.74) is 7.98. The van der Waals surface area contributed by atoms with Crippen molar-refractivity contribution < 1.29 is 38.0 Å². The van der Waals surface area contributed by atoms with Gasteiger partial charge in [-0.05, 0) is 90.7 Å². The number of anilines is 2. The maximum absolute atomic E-state index is 15.2. The highest BCUT2D eigenvalue weighted by atomic mass is 35.5. The summed E-state index contributed by atoms with van der Waals surface area (Å²) in [7, 11) is 0. The van der Waals surface area contributed by atoms with Crippen LogP contribution in [-0.2, 0) is 17.7 Å². The zero-order valence-electron chi connectivity index (χ0n) is 31.0. The van der Waals surface area contributed by atoms with Gasteiger partial charge in [0.2, 0.25) is 12.7 Å². The molecule has 296 valence electrons. The van der Waals surface area contributed by atoms with Gasteiger partial charge in [-0.25, -0.2) is 9.07 Å². The predicted molar refractivity (Wildman–Crippen MR) is 215 cm³/mol. The van der Waals surface area contributed by atoms with E-state index in [-0.39, 0.29) is 60.6 Å². The van der Waals surface area contributed by atoms with Gasteiger partial charge in [-0.15, -0.1) is 12.4 Å². The molecule has 1 aromatic heterocycles. The number of hydrogen-bond acceptors (Lipinski definition) is 9. The first kappa shape index (κ1) is 38.4. The zero-order valence-corrected chi connectivity index (χ0v) is 32.6. The highest BCUT2D eigenvalue weighted by Gasteiger charge is 2.37. The average Bonchev–Trinajstić information content (AvgIpc) is 3.84. The van der Waals surface area contributed by atoms with Crippen LogP contribution in [0.3, 0.4) is 0 Å². The number of nitrogens with one attached hydrogen (secondary N) is 1. The molecule has 5 heterocycles. The fraction of sp³-hybridized carbons (Fsp3) is 0.286. The van der Waals surface area contributed by atoms with Crippen molar-refractivity contribution in [2.24, 2.45) is 0 Å². The third kappa shape index (κ3) is 7.20. The highest BCUT2D eigenvalue weighted by Crippen LogP contribution is 2.44. The number of phenols is 1. The molecule has 0 radical (unpaired) electrons. The van der Waals surface area contributed by atoms with Crippen molar-refractivity contribution in [2.45, 2.75) is 25.9 Å². The molecule has 5 aromatic rings. The standard InChI is InChI=1S/C42H39ClFN5O7.ClH/c1-25-5-6-28(18-36(25)44)48(27-7-9-30(50)10-8-27)41(52)34-19-37(49-42(34)54-14-11-45-49)32-20-38-39(56-24-55-38)21-33(32)40(51)47-22-26-3-2-4-35(43)31(26)17-29(47)23-46-12-15-53-16-13-46;/h2-10,18-21,29,45,50H,11-17,22-24H2,1H3;1H/t29-;/m0./s1. The van der Waals surface area contributed by atoms with Crippen LogP contribution in [0.25, 0.3) is 11.3 Å². The first-order valence-corrected chi connectivity index (χ1v) is 18.9. The second-order valence-corrected chi connectivity index (χ2v) is 14.7. The summed E-state index contributed by atoms with van der Waals surface area (Å²) in [5.74, 6) is -0.0688. The van der Waals surface area contributed by atoms with Crippen molar-refractivity contribution in [1.29, 1.82) is 0 Å². The van der Waals surface area contributed by atoms with Crippen LogP contribution in [0.2, 0.25) is 5.02 Å². The number of aromatic hydroxyl groups is 1. The maximum atomic E-state index is 15.2. The van der Waals surface area contributed by atoms with Gasteiger partial charge in [0.05, 0.1) is 36.7 Å². The molecule has 1 atom stereocenters. The Hall–Kier alpha value is -5.47. The van der Waals surface area contributed by atoms with Crippen LogP contribution < -0.4 is 24.5 Å². The van der Waals surface area contributed by atoms with E-state index in [0.717, 1.165) is 24.2 Å². The van der Waals surface area contributed by atoms with Gasteiger partial charge in [0.15, 0.2) is 11.5 Å². The van der Waals surface area contributed by atoms with Gasteiger partial charge >= 0.3 is 0 Å². The Kier molecular flexibility index (Phi) is 10.7. The molecule has 2 N–H and O–H groups in total. The van der Waals surface area contributed by atoms with Crippen LogP contribution in [0.4, 0.5) is 15.8 Å². The lowest BCUT2D eigenvalue weighted by molar-refractivity contribution is 0.0193. The van der Waals surface area contributed by atoms with Crippen LogP contribution in [0.1, 0.15) is 37.4 Å². The molecular weight excluding hydrogens is 776 g/mol. The third-order valence-corrected chi connectivity index (χ3v) is 11.2. The number of nitrogens with zero attached hydrogens (tertiary/aromatic N) is 4.